The molecule has 0 spiro atoms. The number of anilines is 1. The first kappa shape index (κ1) is 12.4. The van der Waals surface area contributed by atoms with Gasteiger partial charge in [-0.2, -0.15) is 0 Å². The van der Waals surface area contributed by atoms with Crippen LogP contribution < -0.4 is 4.90 Å². The molecular weight excluding hydrogens is 290 g/mol. The molecule has 2 fully saturated rings. The second-order valence-corrected chi connectivity index (χ2v) is 6.52. The van der Waals surface area contributed by atoms with Crippen LogP contribution in [0.3, 0.4) is 0 Å². The van der Waals surface area contributed by atoms with E-state index in [4.69, 9.17) is 4.98 Å². The molecule has 0 atom stereocenters. The second kappa shape index (κ2) is 5.16. The maximum absolute atomic E-state index is 4.72. The summed E-state index contributed by atoms with van der Waals surface area (Å²) in [6.07, 6.45) is 8.07. The lowest BCUT2D eigenvalue weighted by Crippen LogP contribution is -2.25. The Morgan fingerprint density at radius 3 is 2.61 bits per heavy atom. The van der Waals surface area contributed by atoms with Crippen molar-refractivity contribution in [2.75, 3.05) is 18.5 Å². The van der Waals surface area contributed by atoms with Crippen LogP contribution in [0, 0.1) is 5.92 Å². The second-order valence-electron chi connectivity index (χ2n) is 5.71. The van der Waals surface area contributed by atoms with Crippen molar-refractivity contribution in [1.82, 2.24) is 9.97 Å². The molecule has 2 saturated carbocycles. The third-order valence-corrected chi connectivity index (χ3v) is 4.45. The first-order chi connectivity index (χ1) is 8.72. The molecule has 1 aromatic rings. The Labute approximate surface area is 117 Å². The van der Waals surface area contributed by atoms with E-state index in [1.165, 1.54) is 38.5 Å². The third-order valence-electron chi connectivity index (χ3n) is 4.04. The number of aromatic nitrogens is 2. The van der Waals surface area contributed by atoms with Crippen molar-refractivity contribution < 1.29 is 0 Å². The minimum Gasteiger partial charge on any atom is -0.359 e. The summed E-state index contributed by atoms with van der Waals surface area (Å²) >= 11 is 3.51. The lowest BCUT2D eigenvalue weighted by Gasteiger charge is -2.22. The van der Waals surface area contributed by atoms with Gasteiger partial charge in [0.15, 0.2) is 0 Å². The van der Waals surface area contributed by atoms with Gasteiger partial charge in [0.1, 0.15) is 16.2 Å². The van der Waals surface area contributed by atoms with Crippen LogP contribution >= 0.6 is 15.9 Å². The first-order valence-electron chi connectivity index (χ1n) is 6.98. The SMILES string of the molecule is CN(CC1CCCC1)c1cc(Br)nc(C2CC2)n1. The third kappa shape index (κ3) is 2.85. The summed E-state index contributed by atoms with van der Waals surface area (Å²) < 4.78 is 0.924. The van der Waals surface area contributed by atoms with E-state index in [0.29, 0.717) is 5.92 Å². The fraction of sp³-hybridized carbons (Fsp3) is 0.714. The molecule has 0 aliphatic heterocycles. The zero-order chi connectivity index (χ0) is 12.5. The molecule has 2 aliphatic carbocycles. The van der Waals surface area contributed by atoms with Crippen molar-refractivity contribution in [3.63, 3.8) is 0 Å². The lowest BCUT2D eigenvalue weighted by atomic mass is 10.1. The van der Waals surface area contributed by atoms with Gasteiger partial charge in [-0.3, -0.25) is 0 Å². The molecule has 18 heavy (non-hydrogen) atoms. The molecule has 0 saturated heterocycles. The highest BCUT2D eigenvalue weighted by Gasteiger charge is 2.27. The van der Waals surface area contributed by atoms with Crippen LogP contribution in [0.1, 0.15) is 50.3 Å². The van der Waals surface area contributed by atoms with Gasteiger partial charge in [0.2, 0.25) is 0 Å². The van der Waals surface area contributed by atoms with Gasteiger partial charge in [0, 0.05) is 25.6 Å². The van der Waals surface area contributed by atoms with Gasteiger partial charge < -0.3 is 4.90 Å². The number of hydrogen-bond donors (Lipinski definition) is 0. The highest BCUT2D eigenvalue weighted by molar-refractivity contribution is 9.10. The summed E-state index contributed by atoms with van der Waals surface area (Å²) in [5, 5.41) is 0. The van der Waals surface area contributed by atoms with Gasteiger partial charge in [-0.05, 0) is 47.5 Å². The van der Waals surface area contributed by atoms with E-state index >= 15 is 0 Å². The Kier molecular flexibility index (Phi) is 3.55. The van der Waals surface area contributed by atoms with Crippen LogP contribution in [0.25, 0.3) is 0 Å². The maximum atomic E-state index is 4.72. The molecule has 0 aromatic carbocycles. The number of halogens is 1. The summed E-state index contributed by atoms with van der Waals surface area (Å²) in [6, 6.07) is 2.04. The van der Waals surface area contributed by atoms with E-state index in [9.17, 15) is 0 Å². The minimum absolute atomic E-state index is 0.612. The molecule has 98 valence electrons. The van der Waals surface area contributed by atoms with E-state index in [2.05, 4.69) is 32.9 Å². The Morgan fingerprint density at radius 2 is 1.94 bits per heavy atom. The lowest BCUT2D eigenvalue weighted by molar-refractivity contribution is 0.544. The largest absolute Gasteiger partial charge is 0.359 e. The number of nitrogens with zero attached hydrogens (tertiary/aromatic N) is 3. The van der Waals surface area contributed by atoms with Crippen LogP contribution in [-0.4, -0.2) is 23.6 Å². The minimum atomic E-state index is 0.612. The van der Waals surface area contributed by atoms with Crippen molar-refractivity contribution in [3.8, 4) is 0 Å². The first-order valence-corrected chi connectivity index (χ1v) is 7.77. The van der Waals surface area contributed by atoms with Crippen LogP contribution in [0.2, 0.25) is 0 Å². The molecule has 3 nitrogen and oxygen atoms in total. The Balaban J connectivity index is 1.73. The van der Waals surface area contributed by atoms with Crippen molar-refractivity contribution in [2.24, 2.45) is 5.92 Å². The smallest absolute Gasteiger partial charge is 0.135 e. The predicted octanol–water partition coefficient (Wildman–Crippen LogP) is 3.74. The molecule has 0 unspecified atom stereocenters. The molecule has 3 rings (SSSR count). The van der Waals surface area contributed by atoms with Gasteiger partial charge in [-0.1, -0.05) is 12.8 Å². The maximum Gasteiger partial charge on any atom is 0.135 e. The van der Waals surface area contributed by atoms with E-state index in [1.807, 2.05) is 6.07 Å². The number of hydrogen-bond acceptors (Lipinski definition) is 3. The highest BCUT2D eigenvalue weighted by atomic mass is 79.9. The van der Waals surface area contributed by atoms with Gasteiger partial charge in [-0.25, -0.2) is 9.97 Å². The Bertz CT molecular complexity index is 425. The van der Waals surface area contributed by atoms with Gasteiger partial charge >= 0.3 is 0 Å². The topological polar surface area (TPSA) is 29.0 Å². The Morgan fingerprint density at radius 1 is 1.22 bits per heavy atom. The van der Waals surface area contributed by atoms with Crippen molar-refractivity contribution >= 4 is 21.7 Å². The highest BCUT2D eigenvalue weighted by Crippen LogP contribution is 2.39. The van der Waals surface area contributed by atoms with E-state index in [-0.39, 0.29) is 0 Å². The fourth-order valence-electron chi connectivity index (χ4n) is 2.82. The molecule has 4 heteroatoms. The van der Waals surface area contributed by atoms with Crippen LogP contribution in [0.4, 0.5) is 5.82 Å². The molecular formula is C14H20BrN3. The molecule has 1 heterocycles. The van der Waals surface area contributed by atoms with Crippen LogP contribution in [-0.2, 0) is 0 Å². The zero-order valence-corrected chi connectivity index (χ0v) is 12.5. The molecule has 1 aromatic heterocycles. The van der Waals surface area contributed by atoms with Gasteiger partial charge in [0.25, 0.3) is 0 Å². The van der Waals surface area contributed by atoms with Crippen molar-refractivity contribution in [1.29, 1.82) is 0 Å². The zero-order valence-electron chi connectivity index (χ0n) is 10.9. The molecule has 0 bridgehead atoms. The van der Waals surface area contributed by atoms with E-state index in [0.717, 1.165) is 28.7 Å². The van der Waals surface area contributed by atoms with E-state index in [1.54, 1.807) is 0 Å². The quantitative estimate of drug-likeness (QED) is 0.793. The van der Waals surface area contributed by atoms with Crippen molar-refractivity contribution in [2.45, 2.75) is 44.4 Å². The monoisotopic (exact) mass is 309 g/mol. The summed E-state index contributed by atoms with van der Waals surface area (Å²) in [4.78, 5) is 11.5. The molecule has 0 amide bonds. The standard InChI is InChI=1S/C14H20BrN3/c1-18(9-10-4-2-3-5-10)13-8-12(15)16-14(17-13)11-6-7-11/h8,10-11H,2-7,9H2,1H3. The summed E-state index contributed by atoms with van der Waals surface area (Å²) in [6.45, 7) is 1.13. The van der Waals surface area contributed by atoms with Crippen LogP contribution in [0.5, 0.6) is 0 Å². The predicted molar refractivity (Wildman–Crippen MR) is 76.9 cm³/mol. The van der Waals surface area contributed by atoms with Crippen molar-refractivity contribution in [3.05, 3.63) is 16.5 Å². The number of rotatable bonds is 4. The summed E-state index contributed by atoms with van der Waals surface area (Å²) in [5.74, 6) is 3.57. The summed E-state index contributed by atoms with van der Waals surface area (Å²) in [5.41, 5.74) is 0. The van der Waals surface area contributed by atoms with Gasteiger partial charge in [-0.15, -0.1) is 0 Å². The average molecular weight is 310 g/mol. The molecule has 0 N–H and O–H groups in total. The average Bonchev–Trinajstić information content (AvgIpc) is 3.08. The fourth-order valence-corrected chi connectivity index (χ4v) is 3.20. The molecule has 0 radical (unpaired) electrons. The van der Waals surface area contributed by atoms with Crippen LogP contribution in [0.15, 0.2) is 10.7 Å². The van der Waals surface area contributed by atoms with E-state index < -0.39 is 0 Å². The molecule has 2 aliphatic rings. The summed E-state index contributed by atoms with van der Waals surface area (Å²) in [7, 11) is 2.16. The van der Waals surface area contributed by atoms with Gasteiger partial charge in [0.05, 0.1) is 0 Å². The normalized spacial score (nSPS) is 20.3. The Hall–Kier alpha value is -0.640.